The maximum absolute atomic E-state index is 12.4. The van der Waals surface area contributed by atoms with E-state index in [2.05, 4.69) is 24.0 Å². The van der Waals surface area contributed by atoms with Crippen LogP contribution in [0.4, 0.5) is 0 Å². The quantitative estimate of drug-likeness (QED) is 0.883. The van der Waals surface area contributed by atoms with Crippen molar-refractivity contribution in [2.24, 2.45) is 11.8 Å². The summed E-state index contributed by atoms with van der Waals surface area (Å²) in [7, 11) is 0. The van der Waals surface area contributed by atoms with Gasteiger partial charge in [0.2, 0.25) is 0 Å². The summed E-state index contributed by atoms with van der Waals surface area (Å²) in [5, 5.41) is 16.8. The van der Waals surface area contributed by atoms with E-state index >= 15 is 0 Å². The lowest BCUT2D eigenvalue weighted by Crippen LogP contribution is -2.43. The highest BCUT2D eigenvalue weighted by Crippen LogP contribution is 2.21. The zero-order valence-corrected chi connectivity index (χ0v) is 12.6. The number of nitrogens with one attached hydrogen (secondary N) is 1. The summed E-state index contributed by atoms with van der Waals surface area (Å²) in [6.45, 7) is 7.46. The van der Waals surface area contributed by atoms with Crippen LogP contribution in [0.1, 0.15) is 49.8 Å². The van der Waals surface area contributed by atoms with Gasteiger partial charge in [-0.15, -0.1) is 0 Å². The van der Waals surface area contributed by atoms with Crippen LogP contribution in [0.3, 0.4) is 0 Å². The van der Waals surface area contributed by atoms with Crippen LogP contribution in [-0.2, 0) is 6.42 Å². The molecule has 0 aliphatic carbocycles. The third-order valence-corrected chi connectivity index (χ3v) is 3.91. The highest BCUT2D eigenvalue weighted by atomic mass is 16.3. The lowest BCUT2D eigenvalue weighted by Gasteiger charge is -2.33. The number of carbonyl (C=O) groups excluding carboxylic acids is 1. The van der Waals surface area contributed by atoms with Gasteiger partial charge in [-0.3, -0.25) is 9.89 Å². The zero-order chi connectivity index (χ0) is 14.7. The molecule has 1 amide bonds. The predicted molar refractivity (Wildman–Crippen MR) is 77.4 cm³/mol. The van der Waals surface area contributed by atoms with Gasteiger partial charge in [-0.25, -0.2) is 0 Å². The monoisotopic (exact) mass is 279 g/mol. The Morgan fingerprint density at radius 3 is 2.95 bits per heavy atom. The highest BCUT2D eigenvalue weighted by molar-refractivity contribution is 5.92. The minimum absolute atomic E-state index is 0.0263. The molecule has 1 aliphatic heterocycles. The Morgan fingerprint density at radius 1 is 1.55 bits per heavy atom. The summed E-state index contributed by atoms with van der Waals surface area (Å²) >= 11 is 0. The topological polar surface area (TPSA) is 69.2 Å². The van der Waals surface area contributed by atoms with Crippen LogP contribution in [0.2, 0.25) is 0 Å². The average Bonchev–Trinajstić information content (AvgIpc) is 2.85. The van der Waals surface area contributed by atoms with Gasteiger partial charge in [-0.2, -0.15) is 5.10 Å². The lowest BCUT2D eigenvalue weighted by molar-refractivity contribution is 0.0461. The normalized spacial score (nSPS) is 21.2. The Hall–Kier alpha value is -1.36. The van der Waals surface area contributed by atoms with Gasteiger partial charge in [0.05, 0.1) is 6.10 Å². The van der Waals surface area contributed by atoms with Gasteiger partial charge < -0.3 is 10.0 Å². The SMILES string of the molecule is CC(C)Cc1cc(C(=O)N2CCCC(C(C)O)C2)n[nH]1. The number of aliphatic hydroxyl groups excluding tert-OH is 1. The standard InChI is InChI=1S/C15H25N3O2/c1-10(2)7-13-8-14(17-16-13)15(20)18-6-4-5-12(9-18)11(3)19/h8,10-12,19H,4-7,9H2,1-3H3,(H,16,17). The summed E-state index contributed by atoms with van der Waals surface area (Å²) < 4.78 is 0. The number of hydrogen-bond donors (Lipinski definition) is 2. The largest absolute Gasteiger partial charge is 0.393 e. The third kappa shape index (κ3) is 3.60. The average molecular weight is 279 g/mol. The summed E-state index contributed by atoms with van der Waals surface area (Å²) in [6.07, 6.45) is 2.48. The molecular formula is C15H25N3O2. The maximum atomic E-state index is 12.4. The van der Waals surface area contributed by atoms with Gasteiger partial charge in [-0.05, 0) is 38.2 Å². The van der Waals surface area contributed by atoms with Crippen molar-refractivity contribution in [3.63, 3.8) is 0 Å². The fourth-order valence-electron chi connectivity index (χ4n) is 2.77. The third-order valence-electron chi connectivity index (χ3n) is 3.91. The first-order valence-corrected chi connectivity index (χ1v) is 7.49. The highest BCUT2D eigenvalue weighted by Gasteiger charge is 2.28. The minimum atomic E-state index is -0.360. The minimum Gasteiger partial charge on any atom is -0.393 e. The number of rotatable bonds is 4. The number of carbonyl (C=O) groups is 1. The van der Waals surface area contributed by atoms with Gasteiger partial charge in [0, 0.05) is 24.7 Å². The molecular weight excluding hydrogens is 254 g/mol. The van der Waals surface area contributed by atoms with Gasteiger partial charge in [-0.1, -0.05) is 13.8 Å². The molecule has 1 aliphatic rings. The Morgan fingerprint density at radius 2 is 2.30 bits per heavy atom. The smallest absolute Gasteiger partial charge is 0.274 e. The van der Waals surface area contributed by atoms with Crippen molar-refractivity contribution in [2.45, 2.75) is 46.1 Å². The summed E-state index contributed by atoms with van der Waals surface area (Å²) in [4.78, 5) is 14.2. The molecule has 0 bridgehead atoms. The van der Waals surface area contributed by atoms with Gasteiger partial charge in [0.1, 0.15) is 5.69 Å². The number of likely N-dealkylation sites (tertiary alicyclic amines) is 1. The van der Waals surface area contributed by atoms with Crippen LogP contribution >= 0.6 is 0 Å². The summed E-state index contributed by atoms with van der Waals surface area (Å²) in [6, 6.07) is 1.86. The first-order valence-electron chi connectivity index (χ1n) is 7.49. The fourth-order valence-corrected chi connectivity index (χ4v) is 2.77. The van der Waals surface area contributed by atoms with E-state index in [4.69, 9.17) is 0 Å². The molecule has 1 aromatic heterocycles. The zero-order valence-electron chi connectivity index (χ0n) is 12.6. The van der Waals surface area contributed by atoms with E-state index in [-0.39, 0.29) is 17.9 Å². The van der Waals surface area contributed by atoms with E-state index in [1.807, 2.05) is 11.0 Å². The van der Waals surface area contributed by atoms with Crippen molar-refractivity contribution in [1.82, 2.24) is 15.1 Å². The number of H-pyrrole nitrogens is 1. The molecule has 5 heteroatoms. The van der Waals surface area contributed by atoms with Crippen LogP contribution in [0, 0.1) is 11.8 Å². The van der Waals surface area contributed by atoms with E-state index in [1.54, 1.807) is 6.92 Å². The van der Waals surface area contributed by atoms with Crippen molar-refractivity contribution >= 4 is 5.91 Å². The second-order valence-corrected chi connectivity index (χ2v) is 6.27. The maximum Gasteiger partial charge on any atom is 0.274 e. The first kappa shape index (κ1) is 15.0. The number of nitrogens with zero attached hydrogens (tertiary/aromatic N) is 2. The fraction of sp³-hybridized carbons (Fsp3) is 0.733. The van der Waals surface area contributed by atoms with Gasteiger partial charge in [0.15, 0.2) is 0 Å². The van der Waals surface area contributed by atoms with Crippen molar-refractivity contribution < 1.29 is 9.90 Å². The van der Waals surface area contributed by atoms with E-state index < -0.39 is 0 Å². The molecule has 2 atom stereocenters. The van der Waals surface area contributed by atoms with Crippen molar-refractivity contribution in [1.29, 1.82) is 0 Å². The molecule has 0 spiro atoms. The Balaban J connectivity index is 2.01. The van der Waals surface area contributed by atoms with E-state index in [0.29, 0.717) is 18.2 Å². The molecule has 0 aromatic carbocycles. The van der Waals surface area contributed by atoms with E-state index in [0.717, 1.165) is 31.5 Å². The Bertz CT molecular complexity index is 454. The summed E-state index contributed by atoms with van der Waals surface area (Å²) in [5.41, 5.74) is 1.50. The Labute approximate surface area is 120 Å². The molecule has 2 N–H and O–H groups in total. The number of piperidine rings is 1. The summed E-state index contributed by atoms with van der Waals surface area (Å²) in [5.74, 6) is 0.691. The van der Waals surface area contributed by atoms with Crippen LogP contribution in [0.25, 0.3) is 0 Å². The van der Waals surface area contributed by atoms with Crippen LogP contribution in [0.15, 0.2) is 6.07 Å². The van der Waals surface area contributed by atoms with Gasteiger partial charge >= 0.3 is 0 Å². The van der Waals surface area contributed by atoms with Crippen molar-refractivity contribution in [3.05, 3.63) is 17.5 Å². The molecule has 2 unspecified atom stereocenters. The molecule has 0 radical (unpaired) electrons. The number of aliphatic hydroxyl groups is 1. The molecule has 2 heterocycles. The predicted octanol–water partition coefficient (Wildman–Crippen LogP) is 1.84. The van der Waals surface area contributed by atoms with Crippen molar-refractivity contribution in [3.8, 4) is 0 Å². The van der Waals surface area contributed by atoms with E-state index in [9.17, 15) is 9.90 Å². The van der Waals surface area contributed by atoms with Gasteiger partial charge in [0.25, 0.3) is 5.91 Å². The number of aromatic nitrogens is 2. The molecule has 0 saturated carbocycles. The molecule has 2 rings (SSSR count). The molecule has 112 valence electrons. The molecule has 1 saturated heterocycles. The molecule has 1 aromatic rings. The number of aromatic amines is 1. The molecule has 1 fully saturated rings. The van der Waals surface area contributed by atoms with Crippen molar-refractivity contribution in [2.75, 3.05) is 13.1 Å². The Kier molecular flexibility index (Phi) is 4.81. The van der Waals surface area contributed by atoms with Crippen LogP contribution in [-0.4, -0.2) is 45.3 Å². The number of amides is 1. The first-order chi connectivity index (χ1) is 9.47. The number of hydrogen-bond acceptors (Lipinski definition) is 3. The molecule has 5 nitrogen and oxygen atoms in total. The second kappa shape index (κ2) is 6.39. The second-order valence-electron chi connectivity index (χ2n) is 6.27. The molecule has 20 heavy (non-hydrogen) atoms. The van der Waals surface area contributed by atoms with E-state index in [1.165, 1.54) is 0 Å². The lowest BCUT2D eigenvalue weighted by atomic mass is 9.93. The van der Waals surface area contributed by atoms with Crippen LogP contribution in [0.5, 0.6) is 0 Å². The van der Waals surface area contributed by atoms with Crippen LogP contribution < -0.4 is 0 Å².